The van der Waals surface area contributed by atoms with Gasteiger partial charge in [-0.05, 0) is 17.7 Å². The number of amides is 2. The van der Waals surface area contributed by atoms with Crippen LogP contribution >= 0.6 is 0 Å². The van der Waals surface area contributed by atoms with Crippen LogP contribution in [0.15, 0.2) is 29.2 Å². The molecule has 0 saturated heterocycles. The predicted molar refractivity (Wildman–Crippen MR) is 101 cm³/mol. The minimum atomic E-state index is -3.31. The molecule has 4 N–H and O–H groups in total. The van der Waals surface area contributed by atoms with Crippen molar-refractivity contribution in [2.24, 2.45) is 5.41 Å². The topological polar surface area (TPSA) is 150 Å². The number of hydrogen-bond acceptors (Lipinski definition) is 7. The van der Waals surface area contributed by atoms with Gasteiger partial charge in [-0.25, -0.2) is 8.42 Å². The molecule has 1 aromatic carbocycles. The van der Waals surface area contributed by atoms with Crippen LogP contribution in [0.4, 0.5) is 0 Å². The van der Waals surface area contributed by atoms with Crippen LogP contribution in [0.1, 0.15) is 25.8 Å². The van der Waals surface area contributed by atoms with E-state index in [9.17, 15) is 27.9 Å². The van der Waals surface area contributed by atoms with E-state index in [1.807, 2.05) is 0 Å². The van der Waals surface area contributed by atoms with Crippen molar-refractivity contribution in [3.05, 3.63) is 29.8 Å². The molecule has 10 heteroatoms. The molecular weight excluding hydrogens is 388 g/mol. The van der Waals surface area contributed by atoms with E-state index in [2.05, 4.69) is 10.6 Å². The van der Waals surface area contributed by atoms with Crippen molar-refractivity contribution in [3.8, 4) is 0 Å². The van der Waals surface area contributed by atoms with Crippen LogP contribution < -0.4 is 10.6 Å². The lowest BCUT2D eigenvalue weighted by Crippen LogP contribution is -2.46. The Labute approximate surface area is 164 Å². The van der Waals surface area contributed by atoms with Crippen molar-refractivity contribution >= 4 is 27.4 Å². The summed E-state index contributed by atoms with van der Waals surface area (Å²) in [6.07, 6.45) is -0.613. The lowest BCUT2D eigenvalue weighted by molar-refractivity contribution is -0.139. The Morgan fingerprint density at radius 3 is 2.18 bits per heavy atom. The van der Waals surface area contributed by atoms with Gasteiger partial charge in [-0.1, -0.05) is 26.0 Å². The summed E-state index contributed by atoms with van der Waals surface area (Å²) < 4.78 is 22.8. The average Bonchev–Trinajstić information content (AvgIpc) is 2.64. The maximum atomic E-state index is 11.8. The van der Waals surface area contributed by atoms with Gasteiger partial charge in [0.2, 0.25) is 11.7 Å². The number of benzene rings is 1. The number of rotatable bonds is 10. The highest BCUT2D eigenvalue weighted by Crippen LogP contribution is 2.19. The summed E-state index contributed by atoms with van der Waals surface area (Å²) >= 11 is 0. The number of hydrogen-bond donors (Lipinski definition) is 4. The summed E-state index contributed by atoms with van der Waals surface area (Å²) in [4.78, 5) is 35.6. The quantitative estimate of drug-likeness (QED) is 0.365. The second-order valence-corrected chi connectivity index (χ2v) is 9.13. The van der Waals surface area contributed by atoms with E-state index < -0.39 is 45.6 Å². The lowest BCUT2D eigenvalue weighted by Gasteiger charge is -2.27. The van der Waals surface area contributed by atoms with E-state index >= 15 is 0 Å². The van der Waals surface area contributed by atoms with Gasteiger partial charge < -0.3 is 20.8 Å². The van der Waals surface area contributed by atoms with Crippen molar-refractivity contribution in [2.75, 3.05) is 19.4 Å². The summed E-state index contributed by atoms with van der Waals surface area (Å²) in [7, 11) is -3.31. The van der Waals surface area contributed by atoms with E-state index in [1.54, 1.807) is 0 Å². The van der Waals surface area contributed by atoms with Crippen LogP contribution in [0, 0.1) is 5.41 Å². The van der Waals surface area contributed by atoms with Crippen LogP contribution in [-0.4, -0.2) is 61.7 Å². The monoisotopic (exact) mass is 414 g/mol. The van der Waals surface area contributed by atoms with E-state index in [0.29, 0.717) is 5.56 Å². The highest BCUT2D eigenvalue weighted by molar-refractivity contribution is 7.90. The number of carbonyl (C=O) groups is 3. The van der Waals surface area contributed by atoms with Gasteiger partial charge in [0.15, 0.2) is 9.84 Å². The molecule has 0 aliphatic rings. The van der Waals surface area contributed by atoms with Gasteiger partial charge in [0.25, 0.3) is 5.91 Å². The standard InChI is InChI=1S/C18H26N2O7S/c1-18(2,11-21)15(23)17(25)19-9-8-14(22)16(24)20-10-12-4-6-13(7-5-12)28(3,26)27/h4-7,15,21,23H,8-11H2,1-3H3,(H,19,25)(H,20,24). The second kappa shape index (κ2) is 9.76. The molecule has 0 heterocycles. The van der Waals surface area contributed by atoms with E-state index in [0.717, 1.165) is 6.26 Å². The zero-order chi connectivity index (χ0) is 21.5. The number of nitrogens with one attached hydrogen (secondary N) is 2. The molecule has 0 bridgehead atoms. The molecule has 9 nitrogen and oxygen atoms in total. The number of aliphatic hydroxyl groups excluding tert-OH is 2. The molecule has 1 aromatic rings. The number of ketones is 1. The number of Topliss-reactive ketones (excluding diaryl/α,β-unsaturated/α-hetero) is 1. The van der Waals surface area contributed by atoms with Gasteiger partial charge in [-0.15, -0.1) is 0 Å². The first-order valence-corrected chi connectivity index (χ1v) is 10.4. The molecule has 1 unspecified atom stereocenters. The number of sulfone groups is 1. The zero-order valence-corrected chi connectivity index (χ0v) is 16.9. The summed E-state index contributed by atoms with van der Waals surface area (Å²) in [5.41, 5.74) is -0.408. The minimum absolute atomic E-state index is 0.0460. The SMILES string of the molecule is CC(C)(CO)C(O)C(=O)NCCC(=O)C(=O)NCc1ccc(S(C)(=O)=O)cc1. The zero-order valence-electron chi connectivity index (χ0n) is 16.1. The Balaban J connectivity index is 2.43. The second-order valence-electron chi connectivity index (χ2n) is 7.11. The van der Waals surface area contributed by atoms with Crippen molar-refractivity contribution in [1.82, 2.24) is 10.6 Å². The molecule has 28 heavy (non-hydrogen) atoms. The van der Waals surface area contributed by atoms with Crippen molar-refractivity contribution < 1.29 is 33.0 Å². The minimum Gasteiger partial charge on any atom is -0.396 e. The summed E-state index contributed by atoms with van der Waals surface area (Å²) in [5, 5.41) is 23.7. The van der Waals surface area contributed by atoms with Crippen LogP contribution in [0.2, 0.25) is 0 Å². The highest BCUT2D eigenvalue weighted by atomic mass is 32.2. The lowest BCUT2D eigenvalue weighted by atomic mass is 9.87. The maximum Gasteiger partial charge on any atom is 0.287 e. The van der Waals surface area contributed by atoms with Crippen LogP contribution in [0.5, 0.6) is 0 Å². The van der Waals surface area contributed by atoms with Crippen molar-refractivity contribution in [1.29, 1.82) is 0 Å². The Morgan fingerprint density at radius 1 is 1.11 bits per heavy atom. The molecule has 0 fully saturated rings. The van der Waals surface area contributed by atoms with Crippen LogP contribution in [-0.2, 0) is 30.8 Å². The molecule has 0 saturated carbocycles. The average molecular weight is 414 g/mol. The molecule has 0 radical (unpaired) electrons. The first-order valence-electron chi connectivity index (χ1n) is 8.55. The molecule has 0 spiro atoms. The summed E-state index contributed by atoms with van der Waals surface area (Å²) in [6.45, 7) is 2.54. The Morgan fingerprint density at radius 2 is 1.68 bits per heavy atom. The van der Waals surface area contributed by atoms with Gasteiger partial charge in [0.1, 0.15) is 6.10 Å². The summed E-state index contributed by atoms with van der Waals surface area (Å²) in [6, 6.07) is 5.89. The fourth-order valence-corrected chi connectivity index (χ4v) is 2.72. The van der Waals surface area contributed by atoms with Gasteiger partial charge in [0.05, 0.1) is 11.5 Å². The molecule has 1 rings (SSSR count). The van der Waals surface area contributed by atoms with E-state index in [1.165, 1.54) is 38.1 Å². The molecule has 1 atom stereocenters. The first kappa shape index (κ1) is 23.7. The highest BCUT2D eigenvalue weighted by Gasteiger charge is 2.32. The molecule has 0 aliphatic heterocycles. The largest absolute Gasteiger partial charge is 0.396 e. The molecule has 0 aliphatic carbocycles. The Bertz CT molecular complexity index is 817. The Hall–Kier alpha value is -2.30. The third-order valence-corrected chi connectivity index (χ3v) is 5.23. The predicted octanol–water partition coefficient (Wildman–Crippen LogP) is -0.839. The normalized spacial score (nSPS) is 12.9. The molecular formula is C18H26N2O7S. The Kier molecular flexibility index (Phi) is 8.28. The van der Waals surface area contributed by atoms with Crippen LogP contribution in [0.3, 0.4) is 0 Å². The smallest absolute Gasteiger partial charge is 0.287 e. The fraction of sp³-hybridized carbons (Fsp3) is 0.500. The molecule has 156 valence electrons. The van der Waals surface area contributed by atoms with Gasteiger partial charge in [-0.3, -0.25) is 14.4 Å². The summed E-state index contributed by atoms with van der Waals surface area (Å²) in [5.74, 6) is -2.32. The van der Waals surface area contributed by atoms with Gasteiger partial charge >= 0.3 is 0 Å². The third kappa shape index (κ3) is 7.02. The molecule has 2 amide bonds. The van der Waals surface area contributed by atoms with Gasteiger partial charge in [0, 0.05) is 31.2 Å². The van der Waals surface area contributed by atoms with Gasteiger partial charge in [-0.2, -0.15) is 0 Å². The third-order valence-electron chi connectivity index (χ3n) is 4.11. The number of carbonyl (C=O) groups excluding carboxylic acids is 3. The van der Waals surface area contributed by atoms with Crippen molar-refractivity contribution in [3.63, 3.8) is 0 Å². The molecule has 0 aromatic heterocycles. The van der Waals surface area contributed by atoms with E-state index in [-0.39, 0.29) is 24.4 Å². The van der Waals surface area contributed by atoms with Crippen molar-refractivity contribution in [2.45, 2.75) is 37.8 Å². The van der Waals surface area contributed by atoms with E-state index in [4.69, 9.17) is 5.11 Å². The maximum absolute atomic E-state index is 11.8. The fourth-order valence-electron chi connectivity index (χ4n) is 2.09. The number of aliphatic hydroxyl groups is 2. The first-order chi connectivity index (χ1) is 12.9. The van der Waals surface area contributed by atoms with Crippen LogP contribution in [0.25, 0.3) is 0 Å².